The van der Waals surface area contributed by atoms with Crippen LogP contribution in [0.25, 0.3) is 0 Å². The van der Waals surface area contributed by atoms with Crippen LogP contribution in [-0.2, 0) is 6.54 Å². The van der Waals surface area contributed by atoms with E-state index in [1.165, 1.54) is 28.5 Å². The van der Waals surface area contributed by atoms with E-state index in [9.17, 15) is 19.1 Å². The molecule has 2 aromatic rings. The average Bonchev–Trinajstić information content (AvgIpc) is 2.95. The molecule has 0 fully saturated rings. The molecular formula is C15H15FN3O3S-. The Morgan fingerprint density at radius 3 is 2.65 bits per heavy atom. The number of aromatic nitrogens is 1. The van der Waals surface area contributed by atoms with Crippen molar-refractivity contribution in [3.8, 4) is 0 Å². The van der Waals surface area contributed by atoms with Gasteiger partial charge in [0.1, 0.15) is 10.8 Å². The summed E-state index contributed by atoms with van der Waals surface area (Å²) in [4.78, 5) is 28.4. The zero-order valence-corrected chi connectivity index (χ0v) is 13.4. The van der Waals surface area contributed by atoms with Crippen LogP contribution in [-0.4, -0.2) is 27.9 Å². The maximum absolute atomic E-state index is 13.6. The molecule has 0 aliphatic carbocycles. The third kappa shape index (κ3) is 4.26. The fourth-order valence-electron chi connectivity index (χ4n) is 1.86. The second-order valence-corrected chi connectivity index (χ2v) is 5.99. The number of halogens is 1. The number of para-hydroxylation sites is 1. The van der Waals surface area contributed by atoms with E-state index in [0.717, 1.165) is 11.3 Å². The number of carboxylic acid groups (broad SMARTS) is 1. The Kier molecular flexibility index (Phi) is 5.28. The Morgan fingerprint density at radius 1 is 1.39 bits per heavy atom. The van der Waals surface area contributed by atoms with E-state index >= 15 is 0 Å². The number of benzene rings is 1. The minimum absolute atomic E-state index is 0.0812. The van der Waals surface area contributed by atoms with Crippen LogP contribution in [0.1, 0.15) is 29.3 Å². The van der Waals surface area contributed by atoms with Crippen LogP contribution in [0.4, 0.5) is 14.9 Å². The third-order valence-corrected chi connectivity index (χ3v) is 3.90. The highest BCUT2D eigenvalue weighted by Gasteiger charge is 2.20. The molecule has 0 bridgehead atoms. The van der Waals surface area contributed by atoms with Crippen LogP contribution in [0.5, 0.6) is 0 Å². The van der Waals surface area contributed by atoms with Crippen molar-refractivity contribution in [2.75, 3.05) is 5.32 Å². The first-order valence-electron chi connectivity index (χ1n) is 6.86. The molecule has 0 saturated heterocycles. The lowest BCUT2D eigenvalue weighted by molar-refractivity contribution is -0.255. The van der Waals surface area contributed by atoms with E-state index in [2.05, 4.69) is 10.3 Å². The van der Waals surface area contributed by atoms with Crippen molar-refractivity contribution in [3.05, 3.63) is 46.2 Å². The van der Waals surface area contributed by atoms with Gasteiger partial charge in [-0.15, -0.1) is 11.3 Å². The fraction of sp³-hybridized carbons (Fsp3) is 0.267. The molecule has 1 N–H and O–H groups in total. The van der Waals surface area contributed by atoms with E-state index in [1.807, 2.05) is 0 Å². The summed E-state index contributed by atoms with van der Waals surface area (Å²) >= 11 is 1.12. The van der Waals surface area contributed by atoms with Crippen molar-refractivity contribution in [1.82, 2.24) is 9.88 Å². The van der Waals surface area contributed by atoms with Gasteiger partial charge in [-0.05, 0) is 26.0 Å². The number of hydrogen-bond acceptors (Lipinski definition) is 5. The molecule has 0 aliphatic heterocycles. The van der Waals surface area contributed by atoms with E-state index in [1.54, 1.807) is 19.9 Å². The van der Waals surface area contributed by atoms with Gasteiger partial charge in [0.2, 0.25) is 0 Å². The van der Waals surface area contributed by atoms with E-state index in [4.69, 9.17) is 0 Å². The summed E-state index contributed by atoms with van der Waals surface area (Å²) in [5.41, 5.74) is -0.0825. The van der Waals surface area contributed by atoms with Crippen LogP contribution >= 0.6 is 11.3 Å². The quantitative estimate of drug-likeness (QED) is 0.906. The number of carbonyl (C=O) groups is 2. The number of aromatic carboxylic acids is 1. The first-order valence-corrected chi connectivity index (χ1v) is 7.74. The van der Waals surface area contributed by atoms with Crippen molar-refractivity contribution in [3.63, 3.8) is 0 Å². The predicted molar refractivity (Wildman–Crippen MR) is 82.5 cm³/mol. The highest BCUT2D eigenvalue weighted by atomic mass is 32.1. The number of hydrogen-bond donors (Lipinski definition) is 1. The van der Waals surface area contributed by atoms with Gasteiger partial charge in [-0.3, -0.25) is 0 Å². The van der Waals surface area contributed by atoms with E-state index < -0.39 is 17.8 Å². The number of anilines is 1. The summed E-state index contributed by atoms with van der Waals surface area (Å²) in [6.45, 7) is 3.72. The van der Waals surface area contributed by atoms with Gasteiger partial charge >= 0.3 is 6.03 Å². The smallest absolute Gasteiger partial charge is 0.322 e. The largest absolute Gasteiger partial charge is 0.543 e. The normalized spacial score (nSPS) is 10.6. The molecule has 6 nitrogen and oxygen atoms in total. The van der Waals surface area contributed by atoms with Crippen LogP contribution < -0.4 is 10.4 Å². The summed E-state index contributed by atoms with van der Waals surface area (Å²) in [5, 5.41) is 15.1. The molecule has 8 heteroatoms. The minimum Gasteiger partial charge on any atom is -0.543 e. The lowest BCUT2D eigenvalue weighted by atomic mass is 10.3. The maximum Gasteiger partial charge on any atom is 0.322 e. The number of nitrogens with zero attached hydrogens (tertiary/aromatic N) is 2. The summed E-state index contributed by atoms with van der Waals surface area (Å²) in [7, 11) is 0. The Hall–Kier alpha value is -2.48. The molecule has 2 rings (SSSR count). The number of nitrogens with one attached hydrogen (secondary N) is 1. The molecule has 0 unspecified atom stereocenters. The third-order valence-electron chi connectivity index (χ3n) is 3.07. The average molecular weight is 336 g/mol. The van der Waals surface area contributed by atoms with Gasteiger partial charge in [-0.2, -0.15) is 0 Å². The molecule has 1 aromatic heterocycles. The lowest BCUT2D eigenvalue weighted by Crippen LogP contribution is -2.39. The highest BCUT2D eigenvalue weighted by Crippen LogP contribution is 2.17. The van der Waals surface area contributed by atoms with Crippen LogP contribution in [0.3, 0.4) is 0 Å². The molecule has 122 valence electrons. The first kappa shape index (κ1) is 16.9. The molecule has 1 aromatic carbocycles. The summed E-state index contributed by atoms with van der Waals surface area (Å²) in [6, 6.07) is 5.19. The Bertz CT molecular complexity index is 717. The molecule has 0 radical (unpaired) electrons. The molecule has 0 spiro atoms. The van der Waals surface area contributed by atoms with Gasteiger partial charge in [0.05, 0.1) is 23.9 Å². The molecule has 0 saturated carbocycles. The number of amides is 2. The minimum atomic E-state index is -1.36. The molecule has 23 heavy (non-hydrogen) atoms. The summed E-state index contributed by atoms with van der Waals surface area (Å²) in [5.74, 6) is -1.89. The lowest BCUT2D eigenvalue weighted by Gasteiger charge is -2.26. The zero-order chi connectivity index (χ0) is 17.0. The monoisotopic (exact) mass is 336 g/mol. The van der Waals surface area contributed by atoms with Crippen molar-refractivity contribution >= 4 is 29.0 Å². The predicted octanol–water partition coefficient (Wildman–Crippen LogP) is 2.09. The van der Waals surface area contributed by atoms with Gasteiger partial charge in [0.15, 0.2) is 0 Å². The van der Waals surface area contributed by atoms with Crippen molar-refractivity contribution in [2.24, 2.45) is 0 Å². The second kappa shape index (κ2) is 7.19. The Balaban J connectivity index is 2.12. The fourth-order valence-corrected chi connectivity index (χ4v) is 2.62. The van der Waals surface area contributed by atoms with Gasteiger partial charge in [0.25, 0.3) is 0 Å². The van der Waals surface area contributed by atoms with Crippen LogP contribution in [0, 0.1) is 5.82 Å². The summed E-state index contributed by atoms with van der Waals surface area (Å²) in [6.07, 6.45) is 0. The number of rotatable bonds is 5. The van der Waals surface area contributed by atoms with Crippen molar-refractivity contribution < 1.29 is 19.1 Å². The number of carboxylic acids is 1. The van der Waals surface area contributed by atoms with Gasteiger partial charge in [0, 0.05) is 11.4 Å². The first-order chi connectivity index (χ1) is 10.9. The SMILES string of the molecule is CC(C)N(Cc1nc(C(=O)[O-])cs1)C(=O)Nc1ccccc1F. The van der Waals surface area contributed by atoms with E-state index in [0.29, 0.717) is 5.01 Å². The topological polar surface area (TPSA) is 85.4 Å². The Morgan fingerprint density at radius 2 is 2.09 bits per heavy atom. The van der Waals surface area contributed by atoms with Crippen molar-refractivity contribution in [1.29, 1.82) is 0 Å². The Labute approximate surface area is 136 Å². The molecule has 0 atom stereocenters. The standard InChI is InChI=1S/C15H16FN3O3S/c1-9(2)19(7-13-17-12(8-23-13)14(20)21)15(22)18-11-6-4-3-5-10(11)16/h3-6,8-9H,7H2,1-2H3,(H,18,22)(H,20,21)/p-1. The van der Waals surface area contributed by atoms with Crippen LogP contribution in [0.15, 0.2) is 29.6 Å². The number of carbonyl (C=O) groups excluding carboxylic acids is 2. The van der Waals surface area contributed by atoms with Crippen molar-refractivity contribution in [2.45, 2.75) is 26.4 Å². The molecular weight excluding hydrogens is 321 g/mol. The van der Waals surface area contributed by atoms with Crippen LogP contribution in [0.2, 0.25) is 0 Å². The zero-order valence-electron chi connectivity index (χ0n) is 12.6. The molecule has 0 aliphatic rings. The second-order valence-electron chi connectivity index (χ2n) is 5.05. The van der Waals surface area contributed by atoms with Gasteiger partial charge in [-0.1, -0.05) is 12.1 Å². The van der Waals surface area contributed by atoms with E-state index in [-0.39, 0.29) is 24.0 Å². The van der Waals surface area contributed by atoms with Gasteiger partial charge in [-0.25, -0.2) is 14.2 Å². The molecule has 2 amide bonds. The number of thiazole rings is 1. The number of urea groups is 1. The van der Waals surface area contributed by atoms with Gasteiger partial charge < -0.3 is 20.1 Å². The highest BCUT2D eigenvalue weighted by molar-refractivity contribution is 7.09. The molecule has 1 heterocycles. The summed E-state index contributed by atoms with van der Waals surface area (Å²) < 4.78 is 13.6. The maximum atomic E-state index is 13.6.